The second kappa shape index (κ2) is 4.25. The van der Waals surface area contributed by atoms with Crippen molar-refractivity contribution in [3.05, 3.63) is 23.8 Å². The van der Waals surface area contributed by atoms with E-state index >= 15 is 0 Å². The van der Waals surface area contributed by atoms with Crippen LogP contribution in [0.3, 0.4) is 0 Å². The number of carbonyl (C=O) groups excluding carboxylic acids is 1. The van der Waals surface area contributed by atoms with Gasteiger partial charge in [0.2, 0.25) is 5.82 Å². The highest BCUT2D eigenvalue weighted by Crippen LogP contribution is 2.13. The number of hydrogen-bond acceptors (Lipinski definition) is 6. The van der Waals surface area contributed by atoms with Crippen molar-refractivity contribution in [2.45, 2.75) is 19.1 Å². The van der Waals surface area contributed by atoms with Crippen molar-refractivity contribution in [3.8, 4) is 0 Å². The van der Waals surface area contributed by atoms with E-state index in [1.54, 1.807) is 12.3 Å². The summed E-state index contributed by atoms with van der Waals surface area (Å²) in [5.41, 5.74) is 0.818. The van der Waals surface area contributed by atoms with Crippen molar-refractivity contribution in [1.29, 1.82) is 0 Å². The summed E-state index contributed by atoms with van der Waals surface area (Å²) in [5, 5.41) is 23.0. The van der Waals surface area contributed by atoms with E-state index < -0.39 is 18.1 Å². The molecule has 1 saturated heterocycles. The summed E-state index contributed by atoms with van der Waals surface area (Å²) in [4.78, 5) is 21.6. The molecule has 0 spiro atoms. The average Bonchev–Trinajstić information content (AvgIpc) is 2.94. The number of rotatable bonds is 1. The molecule has 1 amide bonds. The molecule has 0 radical (unpaired) electrons. The largest absolute Gasteiger partial charge is 0.388 e. The van der Waals surface area contributed by atoms with Gasteiger partial charge in [0, 0.05) is 25.0 Å². The number of amides is 1. The highest BCUT2D eigenvalue weighted by atomic mass is 16.3. The molecule has 2 aromatic rings. The van der Waals surface area contributed by atoms with E-state index in [1.165, 1.54) is 9.42 Å². The zero-order valence-corrected chi connectivity index (χ0v) is 10.3. The Bertz CT molecular complexity index is 630. The minimum Gasteiger partial charge on any atom is -0.388 e. The van der Waals surface area contributed by atoms with Gasteiger partial charge in [-0.3, -0.25) is 4.79 Å². The minimum atomic E-state index is -0.916. The fraction of sp³-hybridized carbons (Fsp3) is 0.455. The van der Waals surface area contributed by atoms with E-state index in [4.69, 9.17) is 0 Å². The Labute approximate surface area is 108 Å². The quantitative estimate of drug-likeness (QED) is 0.656. The number of aryl methyl sites for hydroxylation is 1. The zero-order chi connectivity index (χ0) is 13.6. The molecule has 0 saturated carbocycles. The van der Waals surface area contributed by atoms with Crippen molar-refractivity contribution in [2.75, 3.05) is 13.1 Å². The van der Waals surface area contributed by atoms with Crippen molar-refractivity contribution < 1.29 is 15.0 Å². The van der Waals surface area contributed by atoms with E-state index in [0.29, 0.717) is 5.78 Å². The monoisotopic (exact) mass is 263 g/mol. The first kappa shape index (κ1) is 12.0. The Morgan fingerprint density at radius 1 is 1.37 bits per heavy atom. The normalized spacial score (nSPS) is 23.2. The lowest BCUT2D eigenvalue weighted by Crippen LogP contribution is -2.30. The Morgan fingerprint density at radius 3 is 2.68 bits per heavy atom. The van der Waals surface area contributed by atoms with Crippen LogP contribution in [0.4, 0.5) is 0 Å². The third-order valence-corrected chi connectivity index (χ3v) is 3.17. The Hall–Kier alpha value is -2.06. The Kier molecular flexibility index (Phi) is 2.68. The van der Waals surface area contributed by atoms with Gasteiger partial charge in [0.1, 0.15) is 0 Å². The lowest BCUT2D eigenvalue weighted by molar-refractivity contribution is 0.0572. The molecule has 3 rings (SSSR count). The van der Waals surface area contributed by atoms with Crippen molar-refractivity contribution in [2.24, 2.45) is 0 Å². The van der Waals surface area contributed by atoms with Crippen molar-refractivity contribution in [1.82, 2.24) is 24.5 Å². The van der Waals surface area contributed by atoms with Crippen molar-refractivity contribution in [3.63, 3.8) is 0 Å². The molecule has 8 nitrogen and oxygen atoms in total. The number of β-amino-alcohol motifs (C(OH)–C–C–N with tert-alkyl or cyclic N) is 2. The maximum Gasteiger partial charge on any atom is 0.293 e. The molecule has 3 heterocycles. The number of likely N-dealkylation sites (tertiary alicyclic amines) is 1. The summed E-state index contributed by atoms with van der Waals surface area (Å²) < 4.78 is 1.48. The first-order valence-electron chi connectivity index (χ1n) is 5.90. The first-order chi connectivity index (χ1) is 9.06. The van der Waals surface area contributed by atoms with Crippen LogP contribution < -0.4 is 0 Å². The number of fused-ring (bicyclic) bond motifs is 1. The molecular weight excluding hydrogens is 250 g/mol. The number of nitrogens with zero attached hydrogens (tertiary/aromatic N) is 5. The standard InChI is InChI=1S/C11H13N5O3/c1-6-2-3-12-11-13-9(14-16(6)11)10(19)15-4-7(17)8(18)5-15/h2-3,7-8,17-18H,4-5H2,1H3. The predicted octanol–water partition coefficient (Wildman–Crippen LogP) is -1.39. The molecule has 19 heavy (non-hydrogen) atoms. The molecular formula is C11H13N5O3. The van der Waals surface area contributed by atoms with Gasteiger partial charge in [-0.25, -0.2) is 9.50 Å². The molecule has 2 unspecified atom stereocenters. The number of aliphatic hydroxyl groups excluding tert-OH is 2. The fourth-order valence-electron chi connectivity index (χ4n) is 2.07. The average molecular weight is 263 g/mol. The second-order valence-corrected chi connectivity index (χ2v) is 4.58. The number of aliphatic hydroxyl groups is 2. The van der Waals surface area contributed by atoms with Crippen LogP contribution >= 0.6 is 0 Å². The first-order valence-corrected chi connectivity index (χ1v) is 5.90. The van der Waals surface area contributed by atoms with Gasteiger partial charge in [-0.15, -0.1) is 5.10 Å². The number of hydrogen-bond donors (Lipinski definition) is 2. The van der Waals surface area contributed by atoms with E-state index in [1.807, 2.05) is 6.92 Å². The van der Waals surface area contributed by atoms with Crippen LogP contribution in [0.5, 0.6) is 0 Å². The molecule has 8 heteroatoms. The molecule has 2 atom stereocenters. The Morgan fingerprint density at radius 2 is 2.05 bits per heavy atom. The van der Waals surface area contributed by atoms with Crippen LogP contribution in [0, 0.1) is 6.92 Å². The summed E-state index contributed by atoms with van der Waals surface area (Å²) in [5.74, 6) is -0.0488. The van der Waals surface area contributed by atoms with Crippen molar-refractivity contribution >= 4 is 11.7 Å². The lowest BCUT2D eigenvalue weighted by Gasteiger charge is -2.12. The fourth-order valence-corrected chi connectivity index (χ4v) is 2.07. The van der Waals surface area contributed by atoms with Gasteiger partial charge in [-0.05, 0) is 13.0 Å². The van der Waals surface area contributed by atoms with Gasteiger partial charge in [0.05, 0.1) is 12.2 Å². The summed E-state index contributed by atoms with van der Waals surface area (Å²) in [6.07, 6.45) is -0.238. The summed E-state index contributed by atoms with van der Waals surface area (Å²) in [6, 6.07) is 1.76. The zero-order valence-electron chi connectivity index (χ0n) is 10.3. The molecule has 0 aromatic carbocycles. The van der Waals surface area contributed by atoms with E-state index in [-0.39, 0.29) is 18.9 Å². The van der Waals surface area contributed by atoms with E-state index in [0.717, 1.165) is 5.69 Å². The maximum absolute atomic E-state index is 12.2. The SMILES string of the molecule is Cc1ccnc2nc(C(=O)N3CC(O)C(O)C3)nn12. The molecule has 1 aliphatic rings. The van der Waals surface area contributed by atoms with Crippen LogP contribution in [-0.2, 0) is 0 Å². The van der Waals surface area contributed by atoms with Gasteiger partial charge >= 0.3 is 0 Å². The summed E-state index contributed by atoms with van der Waals surface area (Å²) >= 11 is 0. The van der Waals surface area contributed by atoms with Crippen LogP contribution in [0.15, 0.2) is 12.3 Å². The molecule has 2 N–H and O–H groups in total. The van der Waals surface area contributed by atoms with Crippen LogP contribution in [-0.4, -0.2) is 65.9 Å². The summed E-state index contributed by atoms with van der Waals surface area (Å²) in [7, 11) is 0. The van der Waals surface area contributed by atoms with Gasteiger partial charge in [0.15, 0.2) is 0 Å². The van der Waals surface area contributed by atoms with Gasteiger partial charge in [-0.1, -0.05) is 0 Å². The Balaban J connectivity index is 1.92. The highest BCUT2D eigenvalue weighted by molar-refractivity contribution is 5.91. The molecule has 100 valence electrons. The van der Waals surface area contributed by atoms with Gasteiger partial charge < -0.3 is 15.1 Å². The maximum atomic E-state index is 12.2. The van der Waals surface area contributed by atoms with Gasteiger partial charge in [0.25, 0.3) is 11.7 Å². The molecule has 2 aromatic heterocycles. The molecule has 0 aliphatic carbocycles. The second-order valence-electron chi connectivity index (χ2n) is 4.58. The highest BCUT2D eigenvalue weighted by Gasteiger charge is 2.34. The van der Waals surface area contributed by atoms with E-state index in [9.17, 15) is 15.0 Å². The summed E-state index contributed by atoms with van der Waals surface area (Å²) in [6.45, 7) is 2.00. The number of aromatic nitrogens is 4. The topological polar surface area (TPSA) is 104 Å². The van der Waals surface area contributed by atoms with Crippen LogP contribution in [0.1, 0.15) is 16.3 Å². The molecule has 1 aliphatic heterocycles. The van der Waals surface area contributed by atoms with Gasteiger partial charge in [-0.2, -0.15) is 4.98 Å². The molecule has 0 bridgehead atoms. The van der Waals surface area contributed by atoms with Crippen LogP contribution in [0.2, 0.25) is 0 Å². The molecule has 1 fully saturated rings. The third-order valence-electron chi connectivity index (χ3n) is 3.17. The van der Waals surface area contributed by atoms with Crippen LogP contribution in [0.25, 0.3) is 5.78 Å². The third kappa shape index (κ3) is 1.94. The minimum absolute atomic E-state index is 0.0168. The smallest absolute Gasteiger partial charge is 0.293 e. The van der Waals surface area contributed by atoms with E-state index in [2.05, 4.69) is 15.1 Å². The number of carbonyl (C=O) groups is 1. The predicted molar refractivity (Wildman–Crippen MR) is 63.4 cm³/mol. The lowest BCUT2D eigenvalue weighted by atomic mass is 10.3.